The molecule has 3 N–H and O–H groups in total. The van der Waals surface area contributed by atoms with E-state index in [0.717, 1.165) is 5.56 Å². The number of alkyl carbamates (subject to hydrolysis) is 1. The molecular weight excluding hydrogens is 352 g/mol. The number of ether oxygens (including phenoxy) is 2. The van der Waals surface area contributed by atoms with Gasteiger partial charge in [0, 0.05) is 6.54 Å². The average Bonchev–Trinajstić information content (AvgIpc) is 2.68. The van der Waals surface area contributed by atoms with Crippen molar-refractivity contribution in [2.45, 2.75) is 45.4 Å². The van der Waals surface area contributed by atoms with Gasteiger partial charge in [-0.2, -0.15) is 0 Å². The highest BCUT2D eigenvalue weighted by Gasteiger charge is 2.27. The lowest BCUT2D eigenvalue weighted by molar-refractivity contribution is -0.146. The van der Waals surface area contributed by atoms with Crippen LogP contribution in [0.4, 0.5) is 4.79 Å². The molecule has 2 amide bonds. The molecule has 0 fully saturated rings. The summed E-state index contributed by atoms with van der Waals surface area (Å²) in [7, 11) is 1.25. The summed E-state index contributed by atoms with van der Waals surface area (Å²) < 4.78 is 9.71. The van der Waals surface area contributed by atoms with Gasteiger partial charge in [0.25, 0.3) is 0 Å². The molecule has 1 rings (SSSR count). The van der Waals surface area contributed by atoms with E-state index in [1.54, 1.807) is 0 Å². The molecule has 0 saturated heterocycles. The summed E-state index contributed by atoms with van der Waals surface area (Å²) in [4.78, 5) is 35.4. The van der Waals surface area contributed by atoms with Crippen LogP contribution in [-0.2, 0) is 25.7 Å². The van der Waals surface area contributed by atoms with Crippen LogP contribution in [0.1, 0.15) is 32.3 Å². The number of carbonyl (C=O) groups is 3. The first-order valence-corrected chi connectivity index (χ1v) is 8.87. The summed E-state index contributed by atoms with van der Waals surface area (Å²) in [6, 6.07) is 8.39. The van der Waals surface area contributed by atoms with Crippen molar-refractivity contribution in [2.24, 2.45) is 5.92 Å². The van der Waals surface area contributed by atoms with Crippen LogP contribution in [0.3, 0.4) is 0 Å². The molecule has 0 aliphatic carbocycles. The molecule has 150 valence electrons. The van der Waals surface area contributed by atoms with Crippen molar-refractivity contribution in [2.75, 3.05) is 13.7 Å². The lowest BCUT2D eigenvalue weighted by Crippen LogP contribution is -2.47. The van der Waals surface area contributed by atoms with Crippen LogP contribution in [0.15, 0.2) is 30.3 Å². The van der Waals surface area contributed by atoms with Crippen LogP contribution < -0.4 is 10.6 Å². The number of rotatable bonds is 10. The van der Waals surface area contributed by atoms with Gasteiger partial charge < -0.3 is 25.2 Å². The van der Waals surface area contributed by atoms with Crippen molar-refractivity contribution in [1.82, 2.24) is 10.6 Å². The van der Waals surface area contributed by atoms with E-state index in [9.17, 15) is 19.5 Å². The molecule has 0 aliphatic rings. The van der Waals surface area contributed by atoms with Crippen LogP contribution >= 0.6 is 0 Å². The SMILES string of the molecule is CC[C@H](C)[C@H](NC(=O)C[C@@H](O)CNC(=O)OCc1ccccc1)C(=O)OC. The fraction of sp³-hybridized carbons (Fsp3) is 0.526. The minimum absolute atomic E-state index is 0.107. The third kappa shape index (κ3) is 8.54. The van der Waals surface area contributed by atoms with Gasteiger partial charge in [-0.15, -0.1) is 0 Å². The number of amides is 2. The Labute approximate surface area is 159 Å². The number of methoxy groups -OCH3 is 1. The summed E-state index contributed by atoms with van der Waals surface area (Å²) in [5.41, 5.74) is 0.839. The summed E-state index contributed by atoms with van der Waals surface area (Å²) in [5, 5.41) is 14.9. The van der Waals surface area contributed by atoms with Gasteiger partial charge in [0.05, 0.1) is 19.6 Å². The topological polar surface area (TPSA) is 114 Å². The molecule has 0 heterocycles. The highest BCUT2D eigenvalue weighted by Crippen LogP contribution is 2.09. The first-order chi connectivity index (χ1) is 12.9. The number of aliphatic hydroxyl groups is 1. The highest BCUT2D eigenvalue weighted by molar-refractivity contribution is 5.84. The van der Waals surface area contributed by atoms with Gasteiger partial charge in [0.2, 0.25) is 5.91 Å². The minimum Gasteiger partial charge on any atom is -0.467 e. The predicted molar refractivity (Wildman–Crippen MR) is 98.7 cm³/mol. The zero-order chi connectivity index (χ0) is 20.2. The summed E-state index contributed by atoms with van der Waals surface area (Å²) in [6.45, 7) is 3.68. The van der Waals surface area contributed by atoms with E-state index in [0.29, 0.717) is 6.42 Å². The Morgan fingerprint density at radius 3 is 2.44 bits per heavy atom. The number of nitrogens with one attached hydrogen (secondary N) is 2. The first-order valence-electron chi connectivity index (χ1n) is 8.87. The second kappa shape index (κ2) is 11.9. The molecule has 1 aromatic carbocycles. The van der Waals surface area contributed by atoms with Gasteiger partial charge >= 0.3 is 12.1 Å². The molecule has 0 aliphatic heterocycles. The second-order valence-electron chi connectivity index (χ2n) is 6.25. The molecule has 0 spiro atoms. The molecule has 0 aromatic heterocycles. The van der Waals surface area contributed by atoms with Crippen molar-refractivity contribution >= 4 is 18.0 Å². The third-order valence-electron chi connectivity index (χ3n) is 4.10. The van der Waals surface area contributed by atoms with Crippen molar-refractivity contribution in [3.8, 4) is 0 Å². The van der Waals surface area contributed by atoms with E-state index in [4.69, 9.17) is 9.47 Å². The fourth-order valence-electron chi connectivity index (χ4n) is 2.29. The van der Waals surface area contributed by atoms with Gasteiger partial charge in [0.1, 0.15) is 12.6 Å². The monoisotopic (exact) mass is 380 g/mol. The van der Waals surface area contributed by atoms with Crippen molar-refractivity contribution in [3.63, 3.8) is 0 Å². The van der Waals surface area contributed by atoms with Crippen molar-refractivity contribution in [1.29, 1.82) is 0 Å². The van der Waals surface area contributed by atoms with E-state index < -0.39 is 30.1 Å². The standard InChI is InChI=1S/C19H28N2O6/c1-4-13(2)17(18(24)26-3)21-16(23)10-15(22)11-20-19(25)27-12-14-8-6-5-7-9-14/h5-9,13,15,17,22H,4,10-12H2,1-3H3,(H,20,25)(H,21,23)/t13-,15+,17-/m0/s1. The molecule has 8 nitrogen and oxygen atoms in total. The van der Waals surface area contributed by atoms with Crippen LogP contribution in [-0.4, -0.2) is 48.9 Å². The maximum atomic E-state index is 12.0. The number of carbonyl (C=O) groups excluding carboxylic acids is 3. The third-order valence-corrected chi connectivity index (χ3v) is 4.10. The van der Waals surface area contributed by atoms with Crippen LogP contribution in [0.5, 0.6) is 0 Å². The highest BCUT2D eigenvalue weighted by atomic mass is 16.5. The maximum absolute atomic E-state index is 12.0. The normalized spacial score (nSPS) is 13.8. The van der Waals surface area contributed by atoms with Crippen LogP contribution in [0.2, 0.25) is 0 Å². The molecule has 27 heavy (non-hydrogen) atoms. The van der Waals surface area contributed by atoms with E-state index in [-0.39, 0.29) is 25.5 Å². The quantitative estimate of drug-likeness (QED) is 0.528. The van der Waals surface area contributed by atoms with Crippen molar-refractivity contribution < 1.29 is 29.0 Å². The Morgan fingerprint density at radius 1 is 1.19 bits per heavy atom. The van der Waals surface area contributed by atoms with E-state index in [2.05, 4.69) is 10.6 Å². The van der Waals surface area contributed by atoms with Gasteiger partial charge in [-0.1, -0.05) is 50.6 Å². The minimum atomic E-state index is -1.11. The first kappa shape index (κ1) is 22.4. The molecule has 0 bridgehead atoms. The lowest BCUT2D eigenvalue weighted by Gasteiger charge is -2.22. The van der Waals surface area contributed by atoms with E-state index >= 15 is 0 Å². The summed E-state index contributed by atoms with van der Waals surface area (Å²) in [5.74, 6) is -1.14. The molecular formula is C19H28N2O6. The van der Waals surface area contributed by atoms with Gasteiger partial charge in [-0.3, -0.25) is 4.79 Å². The van der Waals surface area contributed by atoms with Gasteiger partial charge in [-0.05, 0) is 11.5 Å². The molecule has 1 aromatic rings. The van der Waals surface area contributed by atoms with Gasteiger partial charge in [0.15, 0.2) is 0 Å². The Morgan fingerprint density at radius 2 is 1.85 bits per heavy atom. The molecule has 8 heteroatoms. The van der Waals surface area contributed by atoms with Crippen LogP contribution in [0.25, 0.3) is 0 Å². The Kier molecular flexibility index (Phi) is 9.89. The largest absolute Gasteiger partial charge is 0.467 e. The predicted octanol–water partition coefficient (Wildman–Crippen LogP) is 1.37. The molecule has 3 atom stereocenters. The smallest absolute Gasteiger partial charge is 0.407 e. The Bertz CT molecular complexity index is 607. The zero-order valence-corrected chi connectivity index (χ0v) is 15.9. The second-order valence-corrected chi connectivity index (χ2v) is 6.25. The number of hydrogen-bond donors (Lipinski definition) is 3. The van der Waals surface area contributed by atoms with Gasteiger partial charge in [-0.25, -0.2) is 9.59 Å². The van der Waals surface area contributed by atoms with Crippen LogP contribution in [0, 0.1) is 5.92 Å². The number of aliphatic hydroxyl groups excluding tert-OH is 1. The lowest BCUT2D eigenvalue weighted by atomic mass is 9.99. The summed E-state index contributed by atoms with van der Waals surface area (Å²) >= 11 is 0. The fourth-order valence-corrected chi connectivity index (χ4v) is 2.29. The van der Waals surface area contributed by atoms with E-state index in [1.807, 2.05) is 44.2 Å². The maximum Gasteiger partial charge on any atom is 0.407 e. The molecule has 0 saturated carbocycles. The Hall–Kier alpha value is -2.61. The summed E-state index contributed by atoms with van der Waals surface area (Å²) in [6.07, 6.45) is -1.38. The van der Waals surface area contributed by atoms with E-state index in [1.165, 1.54) is 7.11 Å². The molecule has 0 radical (unpaired) electrons. The number of esters is 1. The molecule has 0 unspecified atom stereocenters. The number of hydrogen-bond acceptors (Lipinski definition) is 6. The Balaban J connectivity index is 2.35. The van der Waals surface area contributed by atoms with Crippen molar-refractivity contribution in [3.05, 3.63) is 35.9 Å². The number of benzene rings is 1. The zero-order valence-electron chi connectivity index (χ0n) is 15.9. The average molecular weight is 380 g/mol.